The number of carbonyl (C=O) groups is 1. The lowest BCUT2D eigenvalue weighted by atomic mass is 10.0. The Morgan fingerprint density at radius 1 is 1.40 bits per heavy atom. The molecule has 0 aromatic carbocycles. The van der Waals surface area contributed by atoms with Gasteiger partial charge >= 0.3 is 12.1 Å². The molecule has 5 nitrogen and oxygen atoms in total. The Bertz CT molecular complexity index is 703. The van der Waals surface area contributed by atoms with Crippen molar-refractivity contribution >= 4 is 11.8 Å². The quantitative estimate of drug-likeness (QED) is 0.465. The lowest BCUT2D eigenvalue weighted by Gasteiger charge is -2.19. The van der Waals surface area contributed by atoms with Gasteiger partial charge < -0.3 is 9.64 Å². The predicted molar refractivity (Wildman–Crippen MR) is 70.6 cm³/mol. The van der Waals surface area contributed by atoms with Crippen molar-refractivity contribution in [3.05, 3.63) is 23.6 Å². The fourth-order valence-electron chi connectivity index (χ4n) is 2.50. The highest BCUT2D eigenvalue weighted by atomic mass is 19.4. The molecule has 0 N–H and O–H groups in total. The summed E-state index contributed by atoms with van der Waals surface area (Å²) in [5, 5.41) is 8.82. The Labute approximate surface area is 137 Å². The van der Waals surface area contributed by atoms with Crippen LogP contribution < -0.4 is 4.90 Å². The fourth-order valence-corrected chi connectivity index (χ4v) is 2.50. The summed E-state index contributed by atoms with van der Waals surface area (Å²) in [6.45, 7) is 0.210. The van der Waals surface area contributed by atoms with E-state index in [9.17, 15) is 31.1 Å². The first-order valence-corrected chi connectivity index (χ1v) is 7.05. The van der Waals surface area contributed by atoms with Crippen molar-refractivity contribution in [2.24, 2.45) is 5.92 Å². The van der Waals surface area contributed by atoms with Gasteiger partial charge in [-0.1, -0.05) is 0 Å². The molecule has 1 aromatic heterocycles. The number of hydrogen-bond acceptors (Lipinski definition) is 5. The highest BCUT2D eigenvalue weighted by molar-refractivity contribution is 5.76. The second kappa shape index (κ2) is 7.16. The number of halogens is 6. The zero-order valence-corrected chi connectivity index (χ0v) is 12.5. The molecule has 2 rings (SSSR count). The fraction of sp³-hybridized carbons (Fsp3) is 0.500. The van der Waals surface area contributed by atoms with E-state index in [-0.39, 0.29) is 19.5 Å². The number of alkyl halides is 3. The Morgan fingerprint density at radius 3 is 2.68 bits per heavy atom. The van der Waals surface area contributed by atoms with Gasteiger partial charge in [0.15, 0.2) is 23.6 Å². The van der Waals surface area contributed by atoms with E-state index in [4.69, 9.17) is 5.26 Å². The van der Waals surface area contributed by atoms with Crippen LogP contribution in [0.2, 0.25) is 0 Å². The summed E-state index contributed by atoms with van der Waals surface area (Å²) in [4.78, 5) is 15.2. The van der Waals surface area contributed by atoms with Gasteiger partial charge in [-0.25, -0.2) is 13.6 Å². The summed E-state index contributed by atoms with van der Waals surface area (Å²) in [7, 11) is 0. The third kappa shape index (κ3) is 4.52. The van der Waals surface area contributed by atoms with Crippen molar-refractivity contribution in [3.63, 3.8) is 0 Å². The summed E-state index contributed by atoms with van der Waals surface area (Å²) in [5.41, 5.74) is 0. The Morgan fingerprint density at radius 2 is 2.08 bits per heavy atom. The predicted octanol–water partition coefficient (Wildman–Crippen LogP) is 2.71. The van der Waals surface area contributed by atoms with Crippen LogP contribution >= 0.6 is 0 Å². The smallest absolute Gasteiger partial charge is 0.440 e. The molecule has 2 atom stereocenters. The third-order valence-corrected chi connectivity index (χ3v) is 3.63. The van der Waals surface area contributed by atoms with Crippen LogP contribution in [0.15, 0.2) is 6.07 Å². The largest absolute Gasteiger partial charge is 0.490 e. The molecule has 0 aliphatic carbocycles. The van der Waals surface area contributed by atoms with Gasteiger partial charge in [0, 0.05) is 25.6 Å². The first-order valence-electron chi connectivity index (χ1n) is 7.05. The third-order valence-electron chi connectivity index (χ3n) is 3.63. The van der Waals surface area contributed by atoms with Gasteiger partial charge in [0.2, 0.25) is 0 Å². The van der Waals surface area contributed by atoms with Gasteiger partial charge in [-0.3, -0.25) is 0 Å². The van der Waals surface area contributed by atoms with Crippen molar-refractivity contribution in [1.82, 2.24) is 4.98 Å². The molecule has 1 saturated heterocycles. The van der Waals surface area contributed by atoms with Crippen LogP contribution in [0.3, 0.4) is 0 Å². The van der Waals surface area contributed by atoms with Gasteiger partial charge in [0.05, 0.1) is 0 Å². The molecule has 0 amide bonds. The molecule has 0 radical (unpaired) electrons. The molecule has 0 bridgehead atoms. The second-order valence-corrected chi connectivity index (χ2v) is 5.42. The Hall–Kier alpha value is -2.51. The van der Waals surface area contributed by atoms with E-state index in [1.807, 2.05) is 0 Å². The average Bonchev–Trinajstić information content (AvgIpc) is 2.97. The molecule has 0 spiro atoms. The van der Waals surface area contributed by atoms with E-state index in [1.54, 1.807) is 0 Å². The maximum absolute atomic E-state index is 13.7. The topological polar surface area (TPSA) is 66.2 Å². The van der Waals surface area contributed by atoms with Gasteiger partial charge in [0.1, 0.15) is 6.07 Å². The molecule has 2 heterocycles. The van der Waals surface area contributed by atoms with Crippen LogP contribution in [-0.4, -0.2) is 36.3 Å². The van der Waals surface area contributed by atoms with Crippen molar-refractivity contribution in [2.45, 2.75) is 25.1 Å². The molecule has 1 fully saturated rings. The number of carbonyl (C=O) groups excluding carboxylic acids is 1. The monoisotopic (exact) mass is 367 g/mol. The zero-order valence-electron chi connectivity index (χ0n) is 12.5. The van der Waals surface area contributed by atoms with Crippen LogP contribution in [0.4, 0.5) is 32.2 Å². The lowest BCUT2D eigenvalue weighted by Crippen LogP contribution is -2.31. The van der Waals surface area contributed by atoms with E-state index in [0.29, 0.717) is 12.5 Å². The van der Waals surface area contributed by atoms with E-state index in [1.165, 1.54) is 11.0 Å². The number of hydrogen-bond donors (Lipinski definition) is 0. The van der Waals surface area contributed by atoms with Crippen LogP contribution in [0.25, 0.3) is 0 Å². The number of rotatable bonds is 4. The average molecular weight is 367 g/mol. The van der Waals surface area contributed by atoms with Crippen molar-refractivity contribution < 1.29 is 35.9 Å². The highest BCUT2D eigenvalue weighted by Gasteiger charge is 2.43. The second-order valence-electron chi connectivity index (χ2n) is 5.42. The van der Waals surface area contributed by atoms with Gasteiger partial charge in [-0.2, -0.15) is 27.8 Å². The van der Waals surface area contributed by atoms with E-state index in [0.717, 1.165) is 0 Å². The van der Waals surface area contributed by atoms with Crippen LogP contribution in [0.5, 0.6) is 0 Å². The minimum absolute atomic E-state index is 0.0384. The molecule has 1 unspecified atom stereocenters. The number of anilines is 1. The number of pyridine rings is 1. The number of nitriles is 1. The summed E-state index contributed by atoms with van der Waals surface area (Å²) in [6, 6.07) is 1.80. The van der Waals surface area contributed by atoms with Crippen LogP contribution in [0, 0.1) is 34.8 Å². The van der Waals surface area contributed by atoms with Crippen molar-refractivity contribution in [1.29, 1.82) is 5.26 Å². The first-order chi connectivity index (χ1) is 11.6. The SMILES string of the molecule is N#CC(C[C@@H]1CCN(c2nc(F)c(F)cc2F)C1)OC(=O)C(F)(F)F. The van der Waals surface area contributed by atoms with E-state index in [2.05, 4.69) is 9.72 Å². The van der Waals surface area contributed by atoms with E-state index >= 15 is 0 Å². The summed E-state index contributed by atoms with van der Waals surface area (Å²) >= 11 is 0. The maximum Gasteiger partial charge on any atom is 0.490 e. The van der Waals surface area contributed by atoms with E-state index < -0.39 is 47.6 Å². The maximum atomic E-state index is 13.7. The number of esters is 1. The van der Waals surface area contributed by atoms with Gasteiger partial charge in [-0.15, -0.1) is 0 Å². The summed E-state index contributed by atoms with van der Waals surface area (Å²) < 4.78 is 80.2. The number of nitrogens with zero attached hydrogens (tertiary/aromatic N) is 3. The van der Waals surface area contributed by atoms with Crippen molar-refractivity contribution in [3.8, 4) is 6.07 Å². The minimum atomic E-state index is -5.21. The Kier molecular flexibility index (Phi) is 5.39. The molecule has 136 valence electrons. The normalized spacial score (nSPS) is 18.8. The molecule has 1 aliphatic heterocycles. The summed E-state index contributed by atoms with van der Waals surface area (Å²) in [6.07, 6.45) is -6.72. The molecular formula is C14H11F6N3O2. The number of ether oxygens (including phenoxy) is 1. The first kappa shape index (κ1) is 18.8. The lowest BCUT2D eigenvalue weighted by molar-refractivity contribution is -0.203. The minimum Gasteiger partial charge on any atom is -0.440 e. The van der Waals surface area contributed by atoms with Crippen molar-refractivity contribution in [2.75, 3.05) is 18.0 Å². The molecule has 0 saturated carbocycles. The zero-order chi connectivity index (χ0) is 18.8. The molecule has 1 aromatic rings. The van der Waals surface area contributed by atoms with Gasteiger partial charge in [-0.05, 0) is 12.3 Å². The standard InChI is InChI=1S/C14H11F6N3O2/c15-9-4-10(16)12(22-11(9)17)23-2-1-7(6-23)3-8(5-21)25-13(24)14(18,19)20/h4,7-8H,1-3,6H2/t7-,8?/m0/s1. The van der Waals surface area contributed by atoms with Crippen LogP contribution in [0.1, 0.15) is 12.8 Å². The molecule has 11 heteroatoms. The summed E-state index contributed by atoms with van der Waals surface area (Å²) in [5.74, 6) is -7.32. The Balaban J connectivity index is 2.00. The van der Waals surface area contributed by atoms with Gasteiger partial charge in [0.25, 0.3) is 5.95 Å². The molecule has 1 aliphatic rings. The molecular weight excluding hydrogens is 356 g/mol. The molecule has 25 heavy (non-hydrogen) atoms. The highest BCUT2D eigenvalue weighted by Crippen LogP contribution is 2.29. The number of aromatic nitrogens is 1. The van der Waals surface area contributed by atoms with Crippen LogP contribution in [-0.2, 0) is 9.53 Å².